The Labute approximate surface area is 252 Å². The summed E-state index contributed by atoms with van der Waals surface area (Å²) in [6.07, 6.45) is -0.792. The molecule has 5 N–H and O–H groups in total. The van der Waals surface area contributed by atoms with Crippen LogP contribution in [0.3, 0.4) is 0 Å². The SMILES string of the molecule is CC(=O)[C@@H](C(=O)ON1C(=O)N(Cc2ccccc2)[C@](C)(c2ccc(N)cc2)C1=O)N(C(=O)[C@@H](N)CC(=O)O)c1ccccc1. The predicted octanol–water partition coefficient (Wildman–Crippen LogP) is 2.20. The molecule has 1 fully saturated rings. The standard InChI is InChI=1S/C31H31N5O8/c1-19(37)26(35(23-11-7-4-8-12-23)27(40)24(33)17-25(38)39)28(41)44-36-29(42)31(2,21-13-15-22(32)16-14-21)34(30(36)43)18-20-9-5-3-6-10-20/h3-16,24,26H,17-18,32-33H2,1-2H3,(H,38,39)/t24-,26-,31+/m0/s1. The predicted molar refractivity (Wildman–Crippen MR) is 157 cm³/mol. The number of carbonyl (C=O) groups excluding carboxylic acids is 5. The first-order chi connectivity index (χ1) is 20.9. The minimum absolute atomic E-state index is 0.0342. The number of ketones is 1. The summed E-state index contributed by atoms with van der Waals surface area (Å²) in [6.45, 7) is 2.45. The highest BCUT2D eigenvalue weighted by Crippen LogP contribution is 2.39. The zero-order valence-electron chi connectivity index (χ0n) is 24.0. The highest BCUT2D eigenvalue weighted by Gasteiger charge is 2.58. The van der Waals surface area contributed by atoms with Crippen LogP contribution in [0.25, 0.3) is 0 Å². The van der Waals surface area contributed by atoms with Crippen molar-refractivity contribution < 1.29 is 38.7 Å². The van der Waals surface area contributed by atoms with Crippen molar-refractivity contribution >= 4 is 46.9 Å². The molecule has 1 aliphatic heterocycles. The molecule has 0 aliphatic carbocycles. The van der Waals surface area contributed by atoms with Crippen LogP contribution in [-0.4, -0.2) is 62.7 Å². The number of carbonyl (C=O) groups is 6. The van der Waals surface area contributed by atoms with Crippen LogP contribution in [0.5, 0.6) is 0 Å². The van der Waals surface area contributed by atoms with Gasteiger partial charge in [0.25, 0.3) is 5.91 Å². The zero-order valence-corrected chi connectivity index (χ0v) is 24.0. The summed E-state index contributed by atoms with van der Waals surface area (Å²) in [7, 11) is 0. The molecule has 0 aromatic heterocycles. The van der Waals surface area contributed by atoms with Crippen LogP contribution in [0, 0.1) is 0 Å². The van der Waals surface area contributed by atoms with Gasteiger partial charge in [0.15, 0.2) is 11.8 Å². The van der Waals surface area contributed by atoms with Crippen LogP contribution < -0.4 is 16.4 Å². The first-order valence-electron chi connectivity index (χ1n) is 13.5. The second-order valence-electron chi connectivity index (χ2n) is 10.3. The van der Waals surface area contributed by atoms with E-state index in [-0.39, 0.29) is 17.3 Å². The molecule has 1 aliphatic rings. The summed E-state index contributed by atoms with van der Waals surface area (Å²) in [5.41, 5.74) is 11.5. The molecule has 1 heterocycles. The van der Waals surface area contributed by atoms with E-state index in [2.05, 4.69) is 0 Å². The lowest BCUT2D eigenvalue weighted by Gasteiger charge is -2.32. The van der Waals surface area contributed by atoms with Gasteiger partial charge in [0, 0.05) is 17.9 Å². The lowest BCUT2D eigenvalue weighted by Crippen LogP contribution is -2.56. The molecule has 0 bridgehead atoms. The van der Waals surface area contributed by atoms with Crippen molar-refractivity contribution in [3.8, 4) is 0 Å². The number of nitrogen functional groups attached to an aromatic ring is 1. The van der Waals surface area contributed by atoms with E-state index in [1.54, 1.807) is 60.7 Å². The second kappa shape index (κ2) is 12.8. The molecule has 1 saturated heterocycles. The van der Waals surface area contributed by atoms with Crippen molar-refractivity contribution in [2.24, 2.45) is 5.73 Å². The summed E-state index contributed by atoms with van der Waals surface area (Å²) in [4.78, 5) is 86.2. The van der Waals surface area contributed by atoms with Gasteiger partial charge in [0.1, 0.15) is 5.54 Å². The molecule has 4 rings (SSSR count). The molecule has 3 aromatic carbocycles. The number of hydroxylamine groups is 2. The molecule has 228 valence electrons. The highest BCUT2D eigenvalue weighted by molar-refractivity contribution is 6.15. The number of carboxylic acid groups (broad SMARTS) is 1. The van der Waals surface area contributed by atoms with Gasteiger partial charge < -0.3 is 21.4 Å². The minimum Gasteiger partial charge on any atom is -0.481 e. The lowest BCUT2D eigenvalue weighted by atomic mass is 9.90. The quantitative estimate of drug-likeness (QED) is 0.167. The normalized spacial score (nSPS) is 17.6. The molecule has 4 amide bonds. The number of aliphatic carboxylic acids is 1. The molecule has 13 nitrogen and oxygen atoms in total. The van der Waals surface area contributed by atoms with Crippen LogP contribution in [0.15, 0.2) is 84.9 Å². The number of urea groups is 1. The van der Waals surface area contributed by atoms with Crippen molar-refractivity contribution in [2.45, 2.75) is 44.4 Å². The number of para-hydroxylation sites is 1. The number of anilines is 2. The van der Waals surface area contributed by atoms with Crippen molar-refractivity contribution in [1.29, 1.82) is 0 Å². The topological polar surface area (TPSA) is 194 Å². The van der Waals surface area contributed by atoms with E-state index in [0.717, 1.165) is 6.92 Å². The van der Waals surface area contributed by atoms with Crippen LogP contribution >= 0.6 is 0 Å². The number of benzene rings is 3. The fourth-order valence-electron chi connectivity index (χ4n) is 4.90. The monoisotopic (exact) mass is 601 g/mol. The van der Waals surface area contributed by atoms with Crippen LogP contribution in [0.1, 0.15) is 31.4 Å². The fourth-order valence-corrected chi connectivity index (χ4v) is 4.90. The Kier molecular flexibility index (Phi) is 9.09. The van der Waals surface area contributed by atoms with Gasteiger partial charge in [-0.3, -0.25) is 29.0 Å². The molecular formula is C31H31N5O8. The minimum atomic E-state index is -2.02. The summed E-state index contributed by atoms with van der Waals surface area (Å²) in [6, 6.07) is 17.9. The van der Waals surface area contributed by atoms with Gasteiger partial charge in [-0.15, -0.1) is 0 Å². The number of carboxylic acids is 1. The number of hydrogen-bond donors (Lipinski definition) is 3. The summed E-state index contributed by atoms with van der Waals surface area (Å²) < 4.78 is 0. The number of amides is 4. The lowest BCUT2D eigenvalue weighted by molar-refractivity contribution is -0.186. The highest BCUT2D eigenvalue weighted by atomic mass is 16.7. The van der Waals surface area contributed by atoms with E-state index in [4.69, 9.17) is 16.3 Å². The summed E-state index contributed by atoms with van der Waals surface area (Å²) in [5.74, 6) is -5.70. The summed E-state index contributed by atoms with van der Waals surface area (Å²) in [5, 5.41) is 9.44. The Balaban J connectivity index is 1.73. The van der Waals surface area contributed by atoms with Crippen LogP contribution in [0.2, 0.25) is 0 Å². The Bertz CT molecular complexity index is 1580. The van der Waals surface area contributed by atoms with E-state index in [1.165, 1.54) is 36.1 Å². The van der Waals surface area contributed by atoms with Crippen molar-refractivity contribution in [2.75, 3.05) is 10.6 Å². The third-order valence-electron chi connectivity index (χ3n) is 7.23. The third kappa shape index (κ3) is 6.13. The number of hydrogen-bond acceptors (Lipinski definition) is 9. The van der Waals surface area contributed by atoms with E-state index < -0.39 is 59.6 Å². The number of Topliss-reactive ketones (excluding diaryl/α,β-unsaturated/α-hetero) is 1. The molecule has 3 aromatic rings. The molecule has 0 unspecified atom stereocenters. The van der Waals surface area contributed by atoms with Gasteiger partial charge in [-0.25, -0.2) is 9.59 Å². The third-order valence-corrected chi connectivity index (χ3v) is 7.23. The maximum absolute atomic E-state index is 14.0. The van der Waals surface area contributed by atoms with Crippen LogP contribution in [-0.2, 0) is 40.9 Å². The fraction of sp³-hybridized carbons (Fsp3) is 0.226. The van der Waals surface area contributed by atoms with Crippen molar-refractivity contribution in [1.82, 2.24) is 9.96 Å². The van der Waals surface area contributed by atoms with Gasteiger partial charge in [-0.1, -0.05) is 65.7 Å². The van der Waals surface area contributed by atoms with E-state index in [1.807, 2.05) is 0 Å². The van der Waals surface area contributed by atoms with Gasteiger partial charge in [0.05, 0.1) is 12.5 Å². The maximum Gasteiger partial charge on any atom is 0.363 e. The van der Waals surface area contributed by atoms with Gasteiger partial charge >= 0.3 is 18.0 Å². The zero-order chi connectivity index (χ0) is 32.2. The van der Waals surface area contributed by atoms with Gasteiger partial charge in [-0.2, -0.15) is 0 Å². The Morgan fingerprint density at radius 1 is 0.932 bits per heavy atom. The van der Waals surface area contributed by atoms with Crippen molar-refractivity contribution in [3.05, 3.63) is 96.1 Å². The number of nitrogens with two attached hydrogens (primary N) is 2. The van der Waals surface area contributed by atoms with Crippen LogP contribution in [0.4, 0.5) is 16.2 Å². The Hall–Kier alpha value is -5.56. The van der Waals surface area contributed by atoms with E-state index in [0.29, 0.717) is 21.7 Å². The van der Waals surface area contributed by atoms with Gasteiger partial charge in [0.2, 0.25) is 5.91 Å². The summed E-state index contributed by atoms with van der Waals surface area (Å²) >= 11 is 0. The average molecular weight is 602 g/mol. The molecule has 0 spiro atoms. The largest absolute Gasteiger partial charge is 0.481 e. The molecule has 13 heteroatoms. The number of nitrogens with zero attached hydrogens (tertiary/aromatic N) is 3. The van der Waals surface area contributed by atoms with Crippen molar-refractivity contribution in [3.63, 3.8) is 0 Å². The second-order valence-corrected chi connectivity index (χ2v) is 10.3. The number of imide groups is 1. The molecular weight excluding hydrogens is 570 g/mol. The Morgan fingerprint density at radius 2 is 1.50 bits per heavy atom. The molecule has 0 radical (unpaired) electrons. The molecule has 0 saturated carbocycles. The average Bonchev–Trinajstić information content (AvgIpc) is 3.17. The van der Waals surface area contributed by atoms with E-state index >= 15 is 0 Å². The first-order valence-corrected chi connectivity index (χ1v) is 13.5. The first kappa shape index (κ1) is 31.4. The number of rotatable bonds is 11. The Morgan fingerprint density at radius 3 is 2.05 bits per heavy atom. The smallest absolute Gasteiger partial charge is 0.363 e. The molecule has 3 atom stereocenters. The van der Waals surface area contributed by atoms with Gasteiger partial charge in [-0.05, 0) is 49.2 Å². The van der Waals surface area contributed by atoms with E-state index in [9.17, 15) is 33.9 Å². The maximum atomic E-state index is 14.0. The molecule has 44 heavy (non-hydrogen) atoms.